The van der Waals surface area contributed by atoms with E-state index in [4.69, 9.17) is 44.3 Å². The van der Waals surface area contributed by atoms with Crippen LogP contribution in [0.4, 0.5) is 5.69 Å². The third kappa shape index (κ3) is 5.57. The smallest absolute Gasteiger partial charge is 0.255 e. The highest BCUT2D eigenvalue weighted by Crippen LogP contribution is 2.30. The van der Waals surface area contributed by atoms with Crippen molar-refractivity contribution in [2.24, 2.45) is 0 Å². The van der Waals surface area contributed by atoms with Gasteiger partial charge in [-0.05, 0) is 55.5 Å². The van der Waals surface area contributed by atoms with E-state index >= 15 is 0 Å². The third-order valence-corrected chi connectivity index (χ3v) is 5.07. The van der Waals surface area contributed by atoms with Gasteiger partial charge in [0.05, 0.1) is 22.3 Å². The first kappa shape index (κ1) is 21.3. The highest BCUT2D eigenvalue weighted by molar-refractivity contribution is 6.44. The molecule has 0 saturated carbocycles. The molecular formula is C22H18Cl3NO3. The maximum atomic E-state index is 12.7. The van der Waals surface area contributed by atoms with Crippen LogP contribution >= 0.6 is 34.8 Å². The summed E-state index contributed by atoms with van der Waals surface area (Å²) in [5.41, 5.74) is 1.61. The Bertz CT molecular complexity index is 1020. The minimum Gasteiger partial charge on any atom is -0.493 e. The van der Waals surface area contributed by atoms with E-state index in [2.05, 4.69) is 5.32 Å². The summed E-state index contributed by atoms with van der Waals surface area (Å²) in [5, 5.41) is 4.01. The number of rotatable bonds is 7. The third-order valence-electron chi connectivity index (χ3n) is 4.01. The van der Waals surface area contributed by atoms with Gasteiger partial charge in [0.25, 0.3) is 5.91 Å². The molecule has 1 N–H and O–H groups in total. The number of hydrogen-bond acceptors (Lipinski definition) is 3. The Balaban J connectivity index is 1.81. The lowest BCUT2D eigenvalue weighted by molar-refractivity contribution is 0.102. The predicted octanol–water partition coefficient (Wildman–Crippen LogP) is 6.88. The molecule has 3 aromatic rings. The highest BCUT2D eigenvalue weighted by Gasteiger charge is 2.14. The van der Waals surface area contributed by atoms with Crippen LogP contribution in [0.5, 0.6) is 11.5 Å². The van der Waals surface area contributed by atoms with Gasteiger partial charge in [-0.2, -0.15) is 0 Å². The highest BCUT2D eigenvalue weighted by atomic mass is 35.5. The van der Waals surface area contributed by atoms with Gasteiger partial charge in [0.1, 0.15) is 18.1 Å². The van der Waals surface area contributed by atoms with E-state index in [1.165, 1.54) is 0 Å². The Morgan fingerprint density at radius 3 is 2.52 bits per heavy atom. The molecule has 1 amide bonds. The molecule has 0 aromatic heterocycles. The Morgan fingerprint density at radius 2 is 1.76 bits per heavy atom. The van der Waals surface area contributed by atoms with Crippen molar-refractivity contribution in [3.05, 3.63) is 86.9 Å². The van der Waals surface area contributed by atoms with E-state index in [9.17, 15) is 4.79 Å². The van der Waals surface area contributed by atoms with Crippen LogP contribution in [0.3, 0.4) is 0 Å². The van der Waals surface area contributed by atoms with Crippen LogP contribution in [0.25, 0.3) is 0 Å². The summed E-state index contributed by atoms with van der Waals surface area (Å²) in [5.74, 6) is 0.952. The zero-order valence-electron chi connectivity index (χ0n) is 15.5. The molecule has 0 atom stereocenters. The van der Waals surface area contributed by atoms with Gasteiger partial charge in [-0.1, -0.05) is 46.9 Å². The molecule has 4 nitrogen and oxygen atoms in total. The first-order valence-electron chi connectivity index (χ1n) is 8.87. The Kier molecular flexibility index (Phi) is 7.26. The van der Waals surface area contributed by atoms with Gasteiger partial charge in [-0.3, -0.25) is 4.79 Å². The SMILES string of the molecule is CCOc1ccc(C(=O)Nc2cccc(Cl)c2Cl)cc1COc1cccc(Cl)c1. The number of hydrogen-bond donors (Lipinski definition) is 1. The van der Waals surface area contributed by atoms with Crippen LogP contribution in [-0.4, -0.2) is 12.5 Å². The molecule has 7 heteroatoms. The van der Waals surface area contributed by atoms with Gasteiger partial charge in [0.15, 0.2) is 0 Å². The zero-order valence-corrected chi connectivity index (χ0v) is 17.8. The molecule has 0 saturated heterocycles. The van der Waals surface area contributed by atoms with E-state index in [0.29, 0.717) is 39.4 Å². The second kappa shape index (κ2) is 9.88. The van der Waals surface area contributed by atoms with Crippen molar-refractivity contribution in [3.63, 3.8) is 0 Å². The predicted molar refractivity (Wildman–Crippen MR) is 118 cm³/mol. The van der Waals surface area contributed by atoms with Gasteiger partial charge in [0.2, 0.25) is 0 Å². The van der Waals surface area contributed by atoms with Crippen LogP contribution in [0.1, 0.15) is 22.8 Å². The van der Waals surface area contributed by atoms with Crippen molar-refractivity contribution in [2.45, 2.75) is 13.5 Å². The fourth-order valence-corrected chi connectivity index (χ4v) is 3.17. The average Bonchev–Trinajstić information content (AvgIpc) is 2.71. The number of carbonyl (C=O) groups is 1. The van der Waals surface area contributed by atoms with E-state index in [-0.39, 0.29) is 17.5 Å². The monoisotopic (exact) mass is 449 g/mol. The summed E-state index contributed by atoms with van der Waals surface area (Å²) in [6, 6.07) is 17.3. The number of carbonyl (C=O) groups excluding carboxylic acids is 1. The van der Waals surface area contributed by atoms with Crippen LogP contribution in [0.2, 0.25) is 15.1 Å². The number of benzene rings is 3. The first-order valence-corrected chi connectivity index (χ1v) is 10.0. The minimum atomic E-state index is -0.318. The normalized spacial score (nSPS) is 10.5. The molecule has 150 valence electrons. The molecule has 0 aliphatic rings. The van der Waals surface area contributed by atoms with Crippen LogP contribution in [-0.2, 0) is 6.61 Å². The van der Waals surface area contributed by atoms with Crippen LogP contribution < -0.4 is 14.8 Å². The van der Waals surface area contributed by atoms with E-state index in [0.717, 1.165) is 5.56 Å². The van der Waals surface area contributed by atoms with Gasteiger partial charge >= 0.3 is 0 Å². The van der Waals surface area contributed by atoms with Gasteiger partial charge < -0.3 is 14.8 Å². The first-order chi connectivity index (χ1) is 14.0. The van der Waals surface area contributed by atoms with Crippen molar-refractivity contribution in [2.75, 3.05) is 11.9 Å². The van der Waals surface area contributed by atoms with E-state index in [1.807, 2.05) is 13.0 Å². The maximum Gasteiger partial charge on any atom is 0.255 e. The van der Waals surface area contributed by atoms with Crippen molar-refractivity contribution < 1.29 is 14.3 Å². The molecule has 0 aliphatic heterocycles. The molecule has 3 aromatic carbocycles. The summed E-state index contributed by atoms with van der Waals surface area (Å²) in [4.78, 5) is 12.7. The number of amides is 1. The van der Waals surface area contributed by atoms with Crippen molar-refractivity contribution in [3.8, 4) is 11.5 Å². The number of nitrogens with one attached hydrogen (secondary N) is 1. The molecule has 29 heavy (non-hydrogen) atoms. The summed E-state index contributed by atoms with van der Waals surface area (Å²) < 4.78 is 11.5. The van der Waals surface area contributed by atoms with Gasteiger partial charge in [-0.15, -0.1) is 0 Å². The Labute approximate surface area is 184 Å². The lowest BCUT2D eigenvalue weighted by Crippen LogP contribution is -2.13. The fourth-order valence-electron chi connectivity index (χ4n) is 2.64. The zero-order chi connectivity index (χ0) is 20.8. The van der Waals surface area contributed by atoms with Gasteiger partial charge in [0, 0.05) is 16.1 Å². The van der Waals surface area contributed by atoms with Crippen molar-refractivity contribution >= 4 is 46.4 Å². The molecule has 0 aliphatic carbocycles. The lowest BCUT2D eigenvalue weighted by atomic mass is 10.1. The lowest BCUT2D eigenvalue weighted by Gasteiger charge is -2.14. The topological polar surface area (TPSA) is 47.6 Å². The number of ether oxygens (including phenoxy) is 2. The van der Waals surface area contributed by atoms with E-state index < -0.39 is 0 Å². The average molecular weight is 451 g/mol. The van der Waals surface area contributed by atoms with Crippen molar-refractivity contribution in [1.82, 2.24) is 0 Å². The standard InChI is InChI=1S/C22H18Cl3NO3/c1-2-28-20-10-9-14(22(27)26-19-8-4-7-18(24)21(19)25)11-15(20)13-29-17-6-3-5-16(23)12-17/h3-12H,2,13H2,1H3,(H,26,27). The summed E-state index contributed by atoms with van der Waals surface area (Å²) in [6.07, 6.45) is 0. The second-order valence-corrected chi connectivity index (χ2v) is 7.28. The molecule has 0 radical (unpaired) electrons. The fraction of sp³-hybridized carbons (Fsp3) is 0.136. The summed E-state index contributed by atoms with van der Waals surface area (Å²) in [6.45, 7) is 2.60. The van der Waals surface area contributed by atoms with E-state index in [1.54, 1.807) is 54.6 Å². The minimum absolute atomic E-state index is 0.217. The molecular weight excluding hydrogens is 433 g/mol. The summed E-state index contributed by atoms with van der Waals surface area (Å²) in [7, 11) is 0. The quantitative estimate of drug-likeness (QED) is 0.427. The maximum absolute atomic E-state index is 12.7. The molecule has 0 heterocycles. The number of anilines is 1. The Hall–Kier alpha value is -2.40. The summed E-state index contributed by atoms with van der Waals surface area (Å²) >= 11 is 18.2. The molecule has 0 unspecified atom stereocenters. The van der Waals surface area contributed by atoms with Crippen LogP contribution in [0.15, 0.2) is 60.7 Å². The molecule has 0 spiro atoms. The number of halogens is 3. The second-order valence-electron chi connectivity index (χ2n) is 6.06. The van der Waals surface area contributed by atoms with Gasteiger partial charge in [-0.25, -0.2) is 0 Å². The molecule has 0 fully saturated rings. The molecule has 0 bridgehead atoms. The largest absolute Gasteiger partial charge is 0.493 e. The van der Waals surface area contributed by atoms with Crippen molar-refractivity contribution in [1.29, 1.82) is 0 Å². The molecule has 3 rings (SSSR count). The van der Waals surface area contributed by atoms with Crippen LogP contribution in [0, 0.1) is 0 Å². The Morgan fingerprint density at radius 1 is 0.966 bits per heavy atom.